The molecular weight excluding hydrogens is 453 g/mol. The van der Waals surface area contributed by atoms with Crippen molar-refractivity contribution in [3.63, 3.8) is 0 Å². The molecule has 0 heterocycles. The van der Waals surface area contributed by atoms with Gasteiger partial charge < -0.3 is 16.0 Å². The summed E-state index contributed by atoms with van der Waals surface area (Å²) in [6.07, 6.45) is 6.22. The third-order valence-electron chi connectivity index (χ3n) is 5.08. The summed E-state index contributed by atoms with van der Waals surface area (Å²) < 4.78 is 0. The quantitative estimate of drug-likeness (QED) is 0.343. The minimum absolute atomic E-state index is 0. The average molecular weight is 481 g/mol. The standard InChI is InChI=1S/C20H27N5O.HI/c1-22-20(23-13-15-7-5-14(12-21)6-8-15)25-18-4-2-3-16(11-18)19(26)24-17-9-10-17;/h5-8,16-18H,2-4,9-11,13H2,1H3,(H,24,26)(H2,22,23,25);1H. The Morgan fingerprint density at radius 1 is 1.15 bits per heavy atom. The molecule has 1 aromatic rings. The lowest BCUT2D eigenvalue weighted by Crippen LogP contribution is -2.47. The predicted molar refractivity (Wildman–Crippen MR) is 117 cm³/mol. The van der Waals surface area contributed by atoms with Gasteiger partial charge in [0.1, 0.15) is 0 Å². The molecule has 146 valence electrons. The SMILES string of the molecule is CN=C(NCc1ccc(C#N)cc1)NC1CCCC(C(=O)NC2CC2)C1.I. The lowest BCUT2D eigenvalue weighted by Gasteiger charge is -2.30. The topological polar surface area (TPSA) is 89.3 Å². The number of carbonyl (C=O) groups is 1. The molecule has 0 saturated heterocycles. The number of hydrogen-bond acceptors (Lipinski definition) is 3. The fraction of sp³-hybridized carbons (Fsp3) is 0.550. The van der Waals surface area contributed by atoms with E-state index in [4.69, 9.17) is 5.26 Å². The molecule has 1 amide bonds. The molecule has 2 unspecified atom stereocenters. The van der Waals surface area contributed by atoms with Crippen LogP contribution in [0.5, 0.6) is 0 Å². The number of carbonyl (C=O) groups excluding carboxylic acids is 1. The van der Waals surface area contributed by atoms with E-state index < -0.39 is 0 Å². The van der Waals surface area contributed by atoms with Gasteiger partial charge in [-0.15, -0.1) is 24.0 Å². The first kappa shape index (κ1) is 21.5. The molecule has 27 heavy (non-hydrogen) atoms. The van der Waals surface area contributed by atoms with E-state index in [1.165, 1.54) is 0 Å². The van der Waals surface area contributed by atoms with Crippen LogP contribution < -0.4 is 16.0 Å². The van der Waals surface area contributed by atoms with E-state index in [0.717, 1.165) is 50.0 Å². The molecule has 2 fully saturated rings. The molecule has 0 aromatic heterocycles. The summed E-state index contributed by atoms with van der Waals surface area (Å²) in [6.45, 7) is 0.643. The highest BCUT2D eigenvalue weighted by Gasteiger charge is 2.31. The van der Waals surface area contributed by atoms with Crippen molar-refractivity contribution in [2.45, 2.75) is 57.2 Å². The van der Waals surface area contributed by atoms with Gasteiger partial charge >= 0.3 is 0 Å². The van der Waals surface area contributed by atoms with Gasteiger partial charge in [0.15, 0.2) is 5.96 Å². The molecule has 6 nitrogen and oxygen atoms in total. The van der Waals surface area contributed by atoms with Crippen LogP contribution in [0.3, 0.4) is 0 Å². The van der Waals surface area contributed by atoms with Crippen molar-refractivity contribution < 1.29 is 4.79 Å². The summed E-state index contributed by atoms with van der Waals surface area (Å²) in [4.78, 5) is 16.6. The molecule has 0 radical (unpaired) electrons. The second kappa shape index (κ2) is 10.5. The second-order valence-electron chi connectivity index (χ2n) is 7.22. The Labute approximate surface area is 178 Å². The Hall–Kier alpha value is -1.82. The molecule has 0 aliphatic heterocycles. The number of guanidine groups is 1. The Balaban J connectivity index is 0.00000261. The molecule has 1 aromatic carbocycles. The van der Waals surface area contributed by atoms with E-state index >= 15 is 0 Å². The first-order chi connectivity index (χ1) is 12.7. The number of nitriles is 1. The van der Waals surface area contributed by atoms with Gasteiger partial charge in [-0.05, 0) is 49.8 Å². The third kappa shape index (κ3) is 6.69. The molecule has 3 N–H and O–H groups in total. The van der Waals surface area contributed by atoms with Gasteiger partial charge in [0.2, 0.25) is 5.91 Å². The zero-order chi connectivity index (χ0) is 18.4. The zero-order valence-corrected chi connectivity index (χ0v) is 18.0. The zero-order valence-electron chi connectivity index (χ0n) is 15.7. The molecular formula is C20H28IN5O. The smallest absolute Gasteiger partial charge is 0.223 e. The highest BCUT2D eigenvalue weighted by Crippen LogP contribution is 2.26. The molecule has 0 spiro atoms. The Kier molecular flexibility index (Phi) is 8.35. The van der Waals surface area contributed by atoms with Crippen molar-refractivity contribution >= 4 is 35.8 Å². The van der Waals surface area contributed by atoms with E-state index in [1.807, 2.05) is 24.3 Å². The maximum Gasteiger partial charge on any atom is 0.223 e. The first-order valence-electron chi connectivity index (χ1n) is 9.44. The molecule has 7 heteroatoms. The van der Waals surface area contributed by atoms with E-state index in [0.29, 0.717) is 18.2 Å². The van der Waals surface area contributed by atoms with Crippen molar-refractivity contribution in [2.24, 2.45) is 10.9 Å². The minimum atomic E-state index is 0. The first-order valence-corrected chi connectivity index (χ1v) is 9.44. The van der Waals surface area contributed by atoms with E-state index in [2.05, 4.69) is 27.0 Å². The van der Waals surface area contributed by atoms with Crippen LogP contribution in [0.15, 0.2) is 29.3 Å². The van der Waals surface area contributed by atoms with Crippen molar-refractivity contribution in [3.8, 4) is 6.07 Å². The highest BCUT2D eigenvalue weighted by atomic mass is 127. The summed E-state index contributed by atoms with van der Waals surface area (Å²) in [6, 6.07) is 10.3. The normalized spacial score (nSPS) is 22.1. The maximum atomic E-state index is 12.3. The maximum absolute atomic E-state index is 12.3. The Morgan fingerprint density at radius 2 is 1.89 bits per heavy atom. The number of benzene rings is 1. The fourth-order valence-corrected chi connectivity index (χ4v) is 3.38. The number of halogens is 1. The number of amides is 1. The van der Waals surface area contributed by atoms with Crippen LogP contribution in [-0.2, 0) is 11.3 Å². The summed E-state index contributed by atoms with van der Waals surface area (Å²) in [5.74, 6) is 1.08. The molecule has 2 aliphatic carbocycles. The van der Waals surface area contributed by atoms with Crippen LogP contribution in [0.2, 0.25) is 0 Å². The van der Waals surface area contributed by atoms with Crippen LogP contribution in [-0.4, -0.2) is 31.0 Å². The Morgan fingerprint density at radius 3 is 2.52 bits per heavy atom. The number of rotatable bonds is 5. The minimum Gasteiger partial charge on any atom is -0.354 e. The molecule has 2 saturated carbocycles. The predicted octanol–water partition coefficient (Wildman–Crippen LogP) is 2.68. The molecule has 2 aliphatic rings. The highest BCUT2D eigenvalue weighted by molar-refractivity contribution is 14.0. The van der Waals surface area contributed by atoms with Gasteiger partial charge in [-0.3, -0.25) is 9.79 Å². The van der Waals surface area contributed by atoms with Crippen LogP contribution in [0.25, 0.3) is 0 Å². The summed E-state index contributed by atoms with van der Waals surface area (Å²) in [7, 11) is 1.76. The third-order valence-corrected chi connectivity index (χ3v) is 5.08. The van der Waals surface area contributed by atoms with Crippen LogP contribution in [0.4, 0.5) is 0 Å². The van der Waals surface area contributed by atoms with Gasteiger partial charge in [-0.1, -0.05) is 18.6 Å². The van der Waals surface area contributed by atoms with Gasteiger partial charge in [-0.2, -0.15) is 5.26 Å². The second-order valence-corrected chi connectivity index (χ2v) is 7.22. The number of hydrogen-bond donors (Lipinski definition) is 3. The van der Waals surface area contributed by atoms with Crippen LogP contribution >= 0.6 is 24.0 Å². The monoisotopic (exact) mass is 481 g/mol. The molecule has 2 atom stereocenters. The number of nitrogens with one attached hydrogen (secondary N) is 3. The van der Waals surface area contributed by atoms with Crippen molar-refractivity contribution in [1.82, 2.24) is 16.0 Å². The van der Waals surface area contributed by atoms with Crippen LogP contribution in [0.1, 0.15) is 49.7 Å². The summed E-state index contributed by atoms with van der Waals surface area (Å²) >= 11 is 0. The molecule has 0 bridgehead atoms. The summed E-state index contributed by atoms with van der Waals surface area (Å²) in [5.41, 5.74) is 1.76. The number of nitrogens with zero attached hydrogens (tertiary/aromatic N) is 2. The summed E-state index contributed by atoms with van der Waals surface area (Å²) in [5, 5.41) is 18.8. The lowest BCUT2D eigenvalue weighted by atomic mass is 9.85. The largest absolute Gasteiger partial charge is 0.354 e. The van der Waals surface area contributed by atoms with Gasteiger partial charge in [0.25, 0.3) is 0 Å². The van der Waals surface area contributed by atoms with Gasteiger partial charge in [-0.25, -0.2) is 0 Å². The van der Waals surface area contributed by atoms with Gasteiger partial charge in [0.05, 0.1) is 11.6 Å². The van der Waals surface area contributed by atoms with Crippen molar-refractivity contribution in [1.29, 1.82) is 5.26 Å². The van der Waals surface area contributed by atoms with Crippen molar-refractivity contribution in [3.05, 3.63) is 35.4 Å². The average Bonchev–Trinajstić information content (AvgIpc) is 3.49. The Bertz CT molecular complexity index is 693. The lowest BCUT2D eigenvalue weighted by molar-refractivity contribution is -0.126. The van der Waals surface area contributed by atoms with E-state index in [-0.39, 0.29) is 41.8 Å². The number of aliphatic imine (C=N–C) groups is 1. The van der Waals surface area contributed by atoms with Gasteiger partial charge in [0, 0.05) is 31.6 Å². The van der Waals surface area contributed by atoms with E-state index in [1.54, 1.807) is 7.05 Å². The van der Waals surface area contributed by atoms with E-state index in [9.17, 15) is 4.79 Å². The van der Waals surface area contributed by atoms with Crippen molar-refractivity contribution in [2.75, 3.05) is 7.05 Å². The van der Waals surface area contributed by atoms with Crippen LogP contribution in [0, 0.1) is 17.2 Å². The molecule has 3 rings (SSSR count). The fourth-order valence-electron chi connectivity index (χ4n) is 3.38.